The van der Waals surface area contributed by atoms with Crippen LogP contribution >= 0.6 is 0 Å². The summed E-state index contributed by atoms with van der Waals surface area (Å²) in [4.78, 5) is 7.15. The number of hydrogen-bond acceptors (Lipinski definition) is 6. The van der Waals surface area contributed by atoms with Crippen LogP contribution in [0.2, 0.25) is 0 Å². The average molecular weight is 411 g/mol. The molecule has 0 spiro atoms. The lowest BCUT2D eigenvalue weighted by Gasteiger charge is -2.37. The summed E-state index contributed by atoms with van der Waals surface area (Å²) in [6, 6.07) is 4.37. The van der Waals surface area contributed by atoms with Gasteiger partial charge in [-0.15, -0.1) is 5.10 Å². The van der Waals surface area contributed by atoms with Crippen LogP contribution in [0, 0.1) is 24.7 Å². The quantitative estimate of drug-likeness (QED) is 0.721. The van der Waals surface area contributed by atoms with Crippen molar-refractivity contribution in [1.82, 2.24) is 30.2 Å². The lowest BCUT2D eigenvalue weighted by molar-refractivity contribution is -0.0375. The van der Waals surface area contributed by atoms with Crippen molar-refractivity contribution >= 4 is 0 Å². The van der Waals surface area contributed by atoms with E-state index >= 15 is 0 Å². The van der Waals surface area contributed by atoms with Crippen molar-refractivity contribution in [2.45, 2.75) is 44.8 Å². The Balaban J connectivity index is 1.32. The van der Waals surface area contributed by atoms with Gasteiger partial charge in [0.05, 0.1) is 24.0 Å². The standard InChI is InChI=1S/C23H34N6O/c1-16-3-6-20(25-11-16)21-14-29(27-26-21)22-9-18-12-28(8-7-24-2)13-19(18)10-23(22)30-15-17-4-5-17/h3,6,11,14,17-19,22-24H,4-5,7-10,12-13,15H2,1-2H3/t18-,19+,22-,23-/m1/s1. The second-order valence-electron chi connectivity index (χ2n) is 9.54. The maximum atomic E-state index is 6.49. The van der Waals surface area contributed by atoms with Crippen LogP contribution in [0.5, 0.6) is 0 Å². The van der Waals surface area contributed by atoms with Crippen LogP contribution in [-0.4, -0.2) is 70.8 Å². The maximum Gasteiger partial charge on any atom is 0.131 e. The minimum Gasteiger partial charge on any atom is -0.376 e. The van der Waals surface area contributed by atoms with Gasteiger partial charge in [0, 0.05) is 39.0 Å². The maximum absolute atomic E-state index is 6.49. The van der Waals surface area contributed by atoms with Crippen molar-refractivity contribution in [3.8, 4) is 11.4 Å². The van der Waals surface area contributed by atoms with Crippen LogP contribution in [0.1, 0.15) is 37.3 Å². The Morgan fingerprint density at radius 3 is 2.70 bits per heavy atom. The van der Waals surface area contributed by atoms with Gasteiger partial charge >= 0.3 is 0 Å². The van der Waals surface area contributed by atoms with Crippen LogP contribution in [0.4, 0.5) is 0 Å². The molecule has 7 heteroatoms. The smallest absolute Gasteiger partial charge is 0.131 e. The first-order chi connectivity index (χ1) is 14.7. The molecule has 5 rings (SSSR count). The van der Waals surface area contributed by atoms with E-state index in [4.69, 9.17) is 4.74 Å². The number of nitrogens with one attached hydrogen (secondary N) is 1. The molecule has 1 aliphatic heterocycles. The molecule has 2 aromatic heterocycles. The van der Waals surface area contributed by atoms with Crippen molar-refractivity contribution < 1.29 is 4.74 Å². The first kappa shape index (κ1) is 20.1. The Bertz CT molecular complexity index is 832. The third kappa shape index (κ3) is 4.43. The van der Waals surface area contributed by atoms with E-state index in [1.54, 1.807) is 0 Å². The number of hydrogen-bond donors (Lipinski definition) is 1. The number of likely N-dealkylation sites (N-methyl/N-ethyl adjacent to an activating group) is 1. The zero-order valence-electron chi connectivity index (χ0n) is 18.2. The van der Waals surface area contributed by atoms with Crippen molar-refractivity contribution in [3.63, 3.8) is 0 Å². The first-order valence-electron chi connectivity index (χ1n) is 11.5. The second kappa shape index (κ2) is 8.73. The number of fused-ring (bicyclic) bond motifs is 1. The molecule has 0 radical (unpaired) electrons. The Labute approximate surface area is 179 Å². The molecule has 3 fully saturated rings. The molecule has 2 aliphatic carbocycles. The SMILES string of the molecule is CNCCN1C[C@H]2C[C@@H](n3cc(-c4ccc(C)cn4)nn3)[C@H](OCC3CC3)C[C@H]2C1. The summed E-state index contributed by atoms with van der Waals surface area (Å²) in [6.07, 6.45) is 9.11. The highest BCUT2D eigenvalue weighted by atomic mass is 16.5. The molecule has 2 saturated carbocycles. The molecule has 0 amide bonds. The lowest BCUT2D eigenvalue weighted by atomic mass is 9.77. The van der Waals surface area contributed by atoms with Crippen LogP contribution in [0.15, 0.2) is 24.5 Å². The zero-order chi connectivity index (χ0) is 20.5. The highest BCUT2D eigenvalue weighted by Crippen LogP contribution is 2.43. The Morgan fingerprint density at radius 2 is 1.97 bits per heavy atom. The lowest BCUT2D eigenvalue weighted by Crippen LogP contribution is -2.38. The minimum absolute atomic E-state index is 0.233. The van der Waals surface area contributed by atoms with Gasteiger partial charge in [-0.3, -0.25) is 4.98 Å². The summed E-state index contributed by atoms with van der Waals surface area (Å²) >= 11 is 0. The Morgan fingerprint density at radius 1 is 1.13 bits per heavy atom. The number of rotatable bonds is 8. The Hall–Kier alpha value is -1.83. The minimum atomic E-state index is 0.233. The average Bonchev–Trinajstić information content (AvgIpc) is 3.30. The number of aromatic nitrogens is 4. The molecule has 0 bridgehead atoms. The zero-order valence-corrected chi connectivity index (χ0v) is 18.2. The van der Waals surface area contributed by atoms with E-state index in [1.165, 1.54) is 25.9 Å². The summed E-state index contributed by atoms with van der Waals surface area (Å²) in [6.45, 7) is 7.55. The van der Waals surface area contributed by atoms with Gasteiger partial charge in [-0.05, 0) is 69.0 Å². The van der Waals surface area contributed by atoms with Gasteiger partial charge in [-0.1, -0.05) is 11.3 Å². The normalized spacial score (nSPS) is 29.3. The molecule has 3 aliphatic rings. The van der Waals surface area contributed by atoms with E-state index in [2.05, 4.69) is 49.4 Å². The third-order valence-corrected chi connectivity index (χ3v) is 7.11. The van der Waals surface area contributed by atoms with Crippen molar-refractivity contribution in [1.29, 1.82) is 0 Å². The fourth-order valence-electron chi connectivity index (χ4n) is 5.12. The summed E-state index contributed by atoms with van der Waals surface area (Å²) in [7, 11) is 2.03. The second-order valence-corrected chi connectivity index (χ2v) is 9.54. The van der Waals surface area contributed by atoms with E-state index in [1.807, 2.05) is 19.3 Å². The van der Waals surface area contributed by atoms with Gasteiger partial charge in [0.1, 0.15) is 5.69 Å². The van der Waals surface area contributed by atoms with Crippen molar-refractivity contribution in [2.75, 3.05) is 39.8 Å². The summed E-state index contributed by atoms with van der Waals surface area (Å²) in [5.41, 5.74) is 2.89. The van der Waals surface area contributed by atoms with E-state index in [9.17, 15) is 0 Å². The molecule has 4 atom stereocenters. The summed E-state index contributed by atoms with van der Waals surface area (Å²) in [5.74, 6) is 2.24. The van der Waals surface area contributed by atoms with Gasteiger partial charge in [-0.2, -0.15) is 0 Å². The van der Waals surface area contributed by atoms with E-state index in [-0.39, 0.29) is 12.1 Å². The molecule has 2 aromatic rings. The molecule has 1 N–H and O–H groups in total. The van der Waals surface area contributed by atoms with E-state index in [0.717, 1.165) is 67.2 Å². The van der Waals surface area contributed by atoms with Crippen molar-refractivity contribution in [2.24, 2.45) is 17.8 Å². The van der Waals surface area contributed by atoms with Crippen LogP contribution in [-0.2, 0) is 4.74 Å². The molecule has 0 unspecified atom stereocenters. The van der Waals surface area contributed by atoms with E-state index in [0.29, 0.717) is 0 Å². The number of pyridine rings is 1. The Kier molecular flexibility index (Phi) is 5.85. The van der Waals surface area contributed by atoms with Gasteiger partial charge in [-0.25, -0.2) is 4.68 Å². The number of aryl methyl sites for hydroxylation is 1. The molecule has 3 heterocycles. The van der Waals surface area contributed by atoms with Crippen LogP contribution in [0.25, 0.3) is 11.4 Å². The molecule has 30 heavy (non-hydrogen) atoms. The predicted octanol–water partition coefficient (Wildman–Crippen LogP) is 2.55. The van der Waals surface area contributed by atoms with Gasteiger partial charge < -0.3 is 15.0 Å². The third-order valence-electron chi connectivity index (χ3n) is 7.11. The fraction of sp³-hybridized carbons (Fsp3) is 0.696. The highest BCUT2D eigenvalue weighted by molar-refractivity contribution is 5.52. The van der Waals surface area contributed by atoms with Crippen LogP contribution in [0.3, 0.4) is 0 Å². The summed E-state index contributed by atoms with van der Waals surface area (Å²) < 4.78 is 8.56. The predicted molar refractivity (Wildman–Crippen MR) is 116 cm³/mol. The molecule has 0 aromatic carbocycles. The van der Waals surface area contributed by atoms with E-state index < -0.39 is 0 Å². The fourth-order valence-corrected chi connectivity index (χ4v) is 5.12. The van der Waals surface area contributed by atoms with Gasteiger partial charge in [0.15, 0.2) is 0 Å². The largest absolute Gasteiger partial charge is 0.376 e. The number of ether oxygens (including phenoxy) is 1. The molecule has 162 valence electrons. The molecular weight excluding hydrogens is 376 g/mol. The van der Waals surface area contributed by atoms with Gasteiger partial charge in [0.25, 0.3) is 0 Å². The van der Waals surface area contributed by atoms with Crippen LogP contribution < -0.4 is 5.32 Å². The molecule has 7 nitrogen and oxygen atoms in total. The topological polar surface area (TPSA) is 68.1 Å². The highest BCUT2D eigenvalue weighted by Gasteiger charge is 2.44. The molecule has 1 saturated heterocycles. The number of nitrogens with zero attached hydrogens (tertiary/aromatic N) is 5. The number of likely N-dealkylation sites (tertiary alicyclic amines) is 1. The summed E-state index contributed by atoms with van der Waals surface area (Å²) in [5, 5.41) is 12.3. The van der Waals surface area contributed by atoms with Gasteiger partial charge in [0.2, 0.25) is 0 Å². The van der Waals surface area contributed by atoms with Crippen molar-refractivity contribution in [3.05, 3.63) is 30.1 Å². The first-order valence-corrected chi connectivity index (χ1v) is 11.5. The monoisotopic (exact) mass is 410 g/mol. The molecular formula is C23H34N6O.